The van der Waals surface area contributed by atoms with Gasteiger partial charge in [-0.1, -0.05) is 15.9 Å². The molecular weight excluding hydrogens is 356 g/mol. The standard InChI is InChI=1S/C9H11F2N3O3.CH3Br.CH4O/c10-5-1-4(3-15)17-8(5)14-2-6(11)7(12)13-9(14)16;2*1-2/h2,4-5,8,15H,1,3H2,(H2,12,13,16);1H3;2H,1H3. The van der Waals surface area contributed by atoms with Crippen molar-refractivity contribution in [2.24, 2.45) is 0 Å². The molecule has 21 heavy (non-hydrogen) atoms. The van der Waals surface area contributed by atoms with Crippen LogP contribution in [0.2, 0.25) is 0 Å². The molecule has 0 radical (unpaired) electrons. The molecule has 2 rings (SSSR count). The van der Waals surface area contributed by atoms with E-state index in [1.807, 2.05) is 5.83 Å². The van der Waals surface area contributed by atoms with Crippen LogP contribution in [0.25, 0.3) is 0 Å². The number of halogens is 3. The van der Waals surface area contributed by atoms with Crippen molar-refractivity contribution < 1.29 is 23.7 Å². The molecule has 1 aromatic heterocycles. The largest absolute Gasteiger partial charge is 0.400 e. The zero-order valence-corrected chi connectivity index (χ0v) is 13.1. The van der Waals surface area contributed by atoms with E-state index in [-0.39, 0.29) is 13.0 Å². The number of ether oxygens (including phenoxy) is 1. The highest BCUT2D eigenvalue weighted by molar-refractivity contribution is 9.08. The van der Waals surface area contributed by atoms with Gasteiger partial charge in [0.1, 0.15) is 6.17 Å². The highest BCUT2D eigenvalue weighted by Gasteiger charge is 2.37. The molecule has 0 aliphatic carbocycles. The van der Waals surface area contributed by atoms with Crippen LogP contribution < -0.4 is 11.4 Å². The smallest absolute Gasteiger partial charge is 0.351 e. The minimum absolute atomic E-state index is 0.0560. The van der Waals surface area contributed by atoms with Crippen LogP contribution in [-0.4, -0.2) is 51.6 Å². The number of hydrogen-bond donors (Lipinski definition) is 3. The predicted octanol–water partition coefficient (Wildman–Crippen LogP) is 0.202. The molecule has 7 nitrogen and oxygen atoms in total. The Morgan fingerprint density at radius 2 is 2.14 bits per heavy atom. The molecule has 122 valence electrons. The summed E-state index contributed by atoms with van der Waals surface area (Å²) < 4.78 is 32.5. The van der Waals surface area contributed by atoms with Gasteiger partial charge in [0.2, 0.25) is 0 Å². The summed E-state index contributed by atoms with van der Waals surface area (Å²) in [5.41, 5.74) is 4.21. The van der Waals surface area contributed by atoms with Gasteiger partial charge >= 0.3 is 5.69 Å². The Kier molecular flexibility index (Phi) is 9.26. The number of anilines is 1. The van der Waals surface area contributed by atoms with Crippen LogP contribution in [0.1, 0.15) is 12.6 Å². The van der Waals surface area contributed by atoms with E-state index in [1.54, 1.807) is 0 Å². The van der Waals surface area contributed by atoms with E-state index in [4.69, 9.17) is 20.7 Å². The maximum atomic E-state index is 13.5. The summed E-state index contributed by atoms with van der Waals surface area (Å²) in [5, 5.41) is 15.8. The van der Waals surface area contributed by atoms with Gasteiger partial charge in [-0.15, -0.1) is 0 Å². The first-order chi connectivity index (χ1) is 10.0. The summed E-state index contributed by atoms with van der Waals surface area (Å²) in [6.45, 7) is -0.365. The average molecular weight is 374 g/mol. The molecule has 0 amide bonds. The van der Waals surface area contributed by atoms with Gasteiger partial charge < -0.3 is 20.7 Å². The Bertz CT molecular complexity index is 489. The molecule has 3 unspecified atom stereocenters. The van der Waals surface area contributed by atoms with Gasteiger partial charge in [-0.3, -0.25) is 4.57 Å². The van der Waals surface area contributed by atoms with Gasteiger partial charge in [0.05, 0.1) is 18.9 Å². The molecule has 0 aromatic carbocycles. The third-order valence-electron chi connectivity index (χ3n) is 2.54. The number of aliphatic hydroxyl groups excluding tert-OH is 2. The lowest BCUT2D eigenvalue weighted by Gasteiger charge is -2.16. The summed E-state index contributed by atoms with van der Waals surface area (Å²) in [7, 11) is 1.00. The zero-order valence-electron chi connectivity index (χ0n) is 11.5. The van der Waals surface area contributed by atoms with Crippen molar-refractivity contribution in [2.45, 2.75) is 24.9 Å². The highest BCUT2D eigenvalue weighted by Crippen LogP contribution is 2.30. The lowest BCUT2D eigenvalue weighted by atomic mass is 10.2. The molecule has 1 aliphatic heterocycles. The van der Waals surface area contributed by atoms with Crippen molar-refractivity contribution in [1.29, 1.82) is 0 Å². The lowest BCUT2D eigenvalue weighted by molar-refractivity contribution is -0.0397. The number of hydrogen-bond acceptors (Lipinski definition) is 6. The van der Waals surface area contributed by atoms with Crippen LogP contribution in [0.3, 0.4) is 0 Å². The first-order valence-electron chi connectivity index (χ1n) is 5.80. The monoisotopic (exact) mass is 373 g/mol. The number of nitrogens with zero attached hydrogens (tertiary/aromatic N) is 2. The Morgan fingerprint density at radius 3 is 2.62 bits per heavy atom. The molecule has 0 bridgehead atoms. The second kappa shape index (κ2) is 9.77. The molecule has 2 heterocycles. The lowest BCUT2D eigenvalue weighted by Crippen LogP contribution is -2.31. The predicted molar refractivity (Wildman–Crippen MR) is 76.4 cm³/mol. The summed E-state index contributed by atoms with van der Waals surface area (Å²) >= 11 is 2.94. The second-order valence-corrected chi connectivity index (χ2v) is 3.75. The zero-order chi connectivity index (χ0) is 16.6. The van der Waals surface area contributed by atoms with E-state index < -0.39 is 35.8 Å². The number of nitrogens with two attached hydrogens (primary N) is 1. The maximum Gasteiger partial charge on any atom is 0.351 e. The molecular formula is C11H18BrF2N3O4. The topological polar surface area (TPSA) is 111 Å². The first-order valence-corrected chi connectivity index (χ1v) is 7.38. The maximum absolute atomic E-state index is 13.5. The van der Waals surface area contributed by atoms with Gasteiger partial charge in [-0.25, -0.2) is 13.6 Å². The Balaban J connectivity index is 0.000000921. The van der Waals surface area contributed by atoms with Crippen molar-refractivity contribution in [3.63, 3.8) is 0 Å². The van der Waals surface area contributed by atoms with Crippen LogP contribution in [0.5, 0.6) is 0 Å². The van der Waals surface area contributed by atoms with E-state index in [1.165, 1.54) is 0 Å². The van der Waals surface area contributed by atoms with Crippen LogP contribution in [0.4, 0.5) is 14.6 Å². The molecule has 1 aromatic rings. The van der Waals surface area contributed by atoms with Crippen molar-refractivity contribution in [2.75, 3.05) is 25.3 Å². The first kappa shape index (κ1) is 19.9. The SMILES string of the molecule is CBr.CO.Nc1nc(=O)n(C2OC(CO)CC2F)cc1F. The summed E-state index contributed by atoms with van der Waals surface area (Å²) in [6.07, 6.45) is -2.79. The van der Waals surface area contributed by atoms with Gasteiger partial charge in [0.25, 0.3) is 0 Å². The summed E-state index contributed by atoms with van der Waals surface area (Å²) in [4.78, 5) is 14.6. The third kappa shape index (κ3) is 4.99. The normalized spacial score (nSPS) is 23.7. The Morgan fingerprint density at radius 1 is 1.57 bits per heavy atom. The van der Waals surface area contributed by atoms with E-state index in [0.29, 0.717) is 4.57 Å². The molecule has 1 aliphatic rings. The fourth-order valence-electron chi connectivity index (χ4n) is 1.70. The number of nitrogen functional groups attached to an aromatic ring is 1. The Hall–Kier alpha value is -1.10. The molecule has 3 atom stereocenters. The van der Waals surface area contributed by atoms with E-state index in [2.05, 4.69) is 20.9 Å². The van der Waals surface area contributed by atoms with Gasteiger partial charge in [-0.2, -0.15) is 4.98 Å². The minimum Gasteiger partial charge on any atom is -0.400 e. The molecule has 0 saturated carbocycles. The van der Waals surface area contributed by atoms with E-state index in [0.717, 1.165) is 13.3 Å². The summed E-state index contributed by atoms with van der Waals surface area (Å²) in [5.74, 6) is 0.346. The number of aliphatic hydroxyl groups is 2. The van der Waals surface area contributed by atoms with Gasteiger partial charge in [-0.05, 0) is 5.83 Å². The van der Waals surface area contributed by atoms with Crippen molar-refractivity contribution in [1.82, 2.24) is 9.55 Å². The van der Waals surface area contributed by atoms with Gasteiger partial charge in [0.15, 0.2) is 17.9 Å². The second-order valence-electron chi connectivity index (χ2n) is 3.75. The van der Waals surface area contributed by atoms with Crippen molar-refractivity contribution in [3.8, 4) is 0 Å². The van der Waals surface area contributed by atoms with Crippen LogP contribution in [0, 0.1) is 5.82 Å². The van der Waals surface area contributed by atoms with Crippen LogP contribution in [-0.2, 0) is 4.74 Å². The Labute approximate surface area is 128 Å². The molecule has 1 saturated heterocycles. The van der Waals surface area contributed by atoms with Crippen LogP contribution >= 0.6 is 15.9 Å². The highest BCUT2D eigenvalue weighted by atomic mass is 79.9. The third-order valence-corrected chi connectivity index (χ3v) is 2.54. The van der Waals surface area contributed by atoms with Crippen LogP contribution in [0.15, 0.2) is 11.0 Å². The van der Waals surface area contributed by atoms with E-state index in [9.17, 15) is 13.6 Å². The fraction of sp³-hybridized carbons (Fsp3) is 0.636. The average Bonchev–Trinajstić information content (AvgIpc) is 2.88. The molecule has 4 N–H and O–H groups in total. The molecule has 0 spiro atoms. The quantitative estimate of drug-likeness (QED) is 0.638. The number of alkyl halides is 2. The van der Waals surface area contributed by atoms with E-state index >= 15 is 0 Å². The van der Waals surface area contributed by atoms with Crippen molar-refractivity contribution in [3.05, 3.63) is 22.5 Å². The summed E-state index contributed by atoms with van der Waals surface area (Å²) in [6, 6.07) is 0. The van der Waals surface area contributed by atoms with Crippen molar-refractivity contribution >= 4 is 21.7 Å². The van der Waals surface area contributed by atoms with Gasteiger partial charge in [0, 0.05) is 13.5 Å². The number of aromatic nitrogens is 2. The molecule has 1 fully saturated rings. The molecule has 10 heteroatoms. The fourth-order valence-corrected chi connectivity index (χ4v) is 1.70. The number of rotatable bonds is 2. The minimum atomic E-state index is -1.50.